The number of hydrogen-bond acceptors (Lipinski definition) is 3. The van der Waals surface area contributed by atoms with Crippen LogP contribution in [0.5, 0.6) is 5.75 Å². The van der Waals surface area contributed by atoms with Crippen LogP contribution in [0.25, 0.3) is 22.3 Å². The van der Waals surface area contributed by atoms with Gasteiger partial charge >= 0.3 is 0 Å². The molecule has 1 aliphatic heterocycles. The van der Waals surface area contributed by atoms with E-state index in [9.17, 15) is 13.2 Å². The van der Waals surface area contributed by atoms with Gasteiger partial charge in [0.15, 0.2) is 17.9 Å². The molecule has 6 heteroatoms. The number of halogens is 3. The summed E-state index contributed by atoms with van der Waals surface area (Å²) in [6.45, 7) is 5.09. The third-order valence-electron chi connectivity index (χ3n) is 5.68. The summed E-state index contributed by atoms with van der Waals surface area (Å²) in [5.41, 5.74) is 2.40. The Morgan fingerprint density at radius 3 is 2.21 bits per heavy atom. The molecule has 3 nitrogen and oxygen atoms in total. The second-order valence-electron chi connectivity index (χ2n) is 8.19. The molecule has 0 saturated carbocycles. The quantitative estimate of drug-likeness (QED) is 0.337. The molecular formula is C28H27F3O3. The highest BCUT2D eigenvalue weighted by molar-refractivity contribution is 5.71. The standard InChI is InChI=1S/C28H27F3O3/c1-3-5-18-16-33-28(34-17-18)23-11-10-21(15-24(23)29)19-6-8-20(9-7-19)22-12-13-25(32-14-4-2)27(31)26(22)30/h3,5-13,15,18,28H,4,14,16-17H2,1-2H3. The SMILES string of the molecule is CC=CC1COC(c2ccc(-c3ccc(-c4ccc(OCCC)c(F)c4F)cc3)cc2F)OC1. The van der Waals surface area contributed by atoms with E-state index in [0.29, 0.717) is 42.9 Å². The van der Waals surface area contributed by atoms with Crippen LogP contribution in [0.1, 0.15) is 32.1 Å². The van der Waals surface area contributed by atoms with E-state index in [0.717, 1.165) is 5.56 Å². The molecule has 0 unspecified atom stereocenters. The Balaban J connectivity index is 1.50. The van der Waals surface area contributed by atoms with E-state index in [1.807, 2.05) is 26.0 Å². The molecule has 4 rings (SSSR count). The Hall–Kier alpha value is -3.09. The third-order valence-corrected chi connectivity index (χ3v) is 5.68. The highest BCUT2D eigenvalue weighted by Gasteiger charge is 2.24. The molecule has 34 heavy (non-hydrogen) atoms. The van der Waals surface area contributed by atoms with E-state index in [2.05, 4.69) is 0 Å². The summed E-state index contributed by atoms with van der Waals surface area (Å²) < 4.78 is 60.4. The molecule has 0 atom stereocenters. The van der Waals surface area contributed by atoms with Gasteiger partial charge in [-0.3, -0.25) is 0 Å². The van der Waals surface area contributed by atoms with Gasteiger partial charge in [-0.25, -0.2) is 8.78 Å². The predicted octanol–water partition coefficient (Wildman–Crippen LogP) is 7.46. The lowest BCUT2D eigenvalue weighted by molar-refractivity contribution is -0.198. The first-order valence-electron chi connectivity index (χ1n) is 11.4. The van der Waals surface area contributed by atoms with Gasteiger partial charge in [0, 0.05) is 17.0 Å². The van der Waals surface area contributed by atoms with Gasteiger partial charge in [0.25, 0.3) is 0 Å². The average molecular weight is 469 g/mol. The zero-order chi connectivity index (χ0) is 24.1. The van der Waals surface area contributed by atoms with Crippen LogP contribution in [0.2, 0.25) is 0 Å². The van der Waals surface area contributed by atoms with Crippen LogP contribution in [0.15, 0.2) is 66.7 Å². The number of benzene rings is 3. The first-order valence-corrected chi connectivity index (χ1v) is 11.4. The molecule has 1 heterocycles. The van der Waals surface area contributed by atoms with E-state index in [1.165, 1.54) is 18.2 Å². The van der Waals surface area contributed by atoms with Crippen LogP contribution in [0.4, 0.5) is 13.2 Å². The minimum atomic E-state index is -1.00. The summed E-state index contributed by atoms with van der Waals surface area (Å²) in [4.78, 5) is 0. The molecule has 1 saturated heterocycles. The van der Waals surface area contributed by atoms with E-state index in [-0.39, 0.29) is 17.2 Å². The Labute approximate surface area is 197 Å². The lowest BCUT2D eigenvalue weighted by Gasteiger charge is -2.28. The Morgan fingerprint density at radius 1 is 0.882 bits per heavy atom. The van der Waals surface area contributed by atoms with Crippen LogP contribution in [-0.4, -0.2) is 19.8 Å². The van der Waals surface area contributed by atoms with E-state index in [1.54, 1.807) is 36.4 Å². The molecule has 0 N–H and O–H groups in total. The molecule has 0 aromatic heterocycles. The van der Waals surface area contributed by atoms with Gasteiger partial charge in [-0.1, -0.05) is 55.5 Å². The number of allylic oxidation sites excluding steroid dienone is 1. The summed E-state index contributed by atoms with van der Waals surface area (Å²) in [5, 5.41) is 0. The summed E-state index contributed by atoms with van der Waals surface area (Å²) >= 11 is 0. The van der Waals surface area contributed by atoms with Gasteiger partial charge in [-0.15, -0.1) is 0 Å². The summed E-state index contributed by atoms with van der Waals surface area (Å²) in [7, 11) is 0. The van der Waals surface area contributed by atoms with Crippen molar-refractivity contribution in [1.29, 1.82) is 0 Å². The molecule has 0 radical (unpaired) electrons. The van der Waals surface area contributed by atoms with Crippen molar-refractivity contribution in [2.45, 2.75) is 26.6 Å². The molecule has 1 aliphatic rings. The van der Waals surface area contributed by atoms with Crippen molar-refractivity contribution in [3.8, 4) is 28.0 Å². The number of rotatable bonds is 7. The summed E-state index contributed by atoms with van der Waals surface area (Å²) in [6.07, 6.45) is 3.91. The summed E-state index contributed by atoms with van der Waals surface area (Å²) in [6, 6.07) is 14.7. The highest BCUT2D eigenvalue weighted by Crippen LogP contribution is 2.33. The molecule has 0 amide bonds. The van der Waals surface area contributed by atoms with E-state index in [4.69, 9.17) is 14.2 Å². The third kappa shape index (κ3) is 5.18. The zero-order valence-corrected chi connectivity index (χ0v) is 19.2. The second-order valence-corrected chi connectivity index (χ2v) is 8.19. The van der Waals surface area contributed by atoms with Gasteiger partial charge in [0.2, 0.25) is 5.82 Å². The fourth-order valence-electron chi connectivity index (χ4n) is 3.90. The van der Waals surface area contributed by atoms with Gasteiger partial charge in [0.05, 0.1) is 19.8 Å². The molecule has 178 valence electrons. The molecule has 0 bridgehead atoms. The van der Waals surface area contributed by atoms with Crippen molar-refractivity contribution in [3.05, 3.63) is 89.8 Å². The monoisotopic (exact) mass is 468 g/mol. The second kappa shape index (κ2) is 10.9. The summed E-state index contributed by atoms with van der Waals surface area (Å²) in [5.74, 6) is -2.32. The molecular weight excluding hydrogens is 441 g/mol. The van der Waals surface area contributed by atoms with Crippen molar-refractivity contribution in [3.63, 3.8) is 0 Å². The van der Waals surface area contributed by atoms with Crippen LogP contribution >= 0.6 is 0 Å². The van der Waals surface area contributed by atoms with Crippen LogP contribution < -0.4 is 4.74 Å². The fourth-order valence-corrected chi connectivity index (χ4v) is 3.90. The average Bonchev–Trinajstić information content (AvgIpc) is 2.86. The smallest absolute Gasteiger partial charge is 0.201 e. The van der Waals surface area contributed by atoms with Gasteiger partial charge in [-0.2, -0.15) is 4.39 Å². The van der Waals surface area contributed by atoms with Crippen LogP contribution in [-0.2, 0) is 9.47 Å². The molecule has 0 aliphatic carbocycles. The first-order chi connectivity index (χ1) is 16.5. The number of hydrogen-bond donors (Lipinski definition) is 0. The highest BCUT2D eigenvalue weighted by atomic mass is 19.2. The largest absolute Gasteiger partial charge is 0.490 e. The maximum absolute atomic E-state index is 14.9. The lowest BCUT2D eigenvalue weighted by atomic mass is 9.98. The maximum atomic E-state index is 14.9. The van der Waals surface area contributed by atoms with Gasteiger partial charge in [-0.05, 0) is 48.2 Å². The minimum absolute atomic E-state index is 0.0986. The van der Waals surface area contributed by atoms with Crippen molar-refractivity contribution in [2.24, 2.45) is 5.92 Å². The molecule has 3 aromatic rings. The topological polar surface area (TPSA) is 27.7 Å². The predicted molar refractivity (Wildman–Crippen MR) is 126 cm³/mol. The molecule has 1 fully saturated rings. The van der Waals surface area contributed by atoms with E-state index < -0.39 is 23.7 Å². The first kappa shape index (κ1) is 24.0. The Kier molecular flexibility index (Phi) is 7.70. The van der Waals surface area contributed by atoms with Crippen molar-refractivity contribution < 1.29 is 27.4 Å². The van der Waals surface area contributed by atoms with Crippen molar-refractivity contribution in [1.82, 2.24) is 0 Å². The fraction of sp³-hybridized carbons (Fsp3) is 0.286. The van der Waals surface area contributed by atoms with Crippen molar-refractivity contribution >= 4 is 0 Å². The molecule has 0 spiro atoms. The number of ether oxygens (including phenoxy) is 3. The maximum Gasteiger partial charge on any atom is 0.201 e. The van der Waals surface area contributed by atoms with Crippen LogP contribution in [0.3, 0.4) is 0 Å². The Bertz CT molecular complexity index is 1150. The normalized spacial score (nSPS) is 18.4. The van der Waals surface area contributed by atoms with Crippen molar-refractivity contribution in [2.75, 3.05) is 19.8 Å². The van der Waals surface area contributed by atoms with Gasteiger partial charge in [0.1, 0.15) is 5.82 Å². The molecule has 3 aromatic carbocycles. The van der Waals surface area contributed by atoms with Crippen LogP contribution in [0, 0.1) is 23.4 Å². The lowest BCUT2D eigenvalue weighted by Crippen LogP contribution is -2.26. The van der Waals surface area contributed by atoms with E-state index >= 15 is 0 Å². The Morgan fingerprint density at radius 2 is 1.56 bits per heavy atom. The minimum Gasteiger partial charge on any atom is -0.490 e. The van der Waals surface area contributed by atoms with Gasteiger partial charge < -0.3 is 14.2 Å². The zero-order valence-electron chi connectivity index (χ0n) is 19.2.